The smallest absolute Gasteiger partial charge is 0.239 e. The van der Waals surface area contributed by atoms with E-state index in [2.05, 4.69) is 5.32 Å². The minimum atomic E-state index is -2.98. The maximum Gasteiger partial charge on any atom is 0.239 e. The van der Waals surface area contributed by atoms with Crippen molar-refractivity contribution >= 4 is 21.4 Å². The van der Waals surface area contributed by atoms with Crippen LogP contribution >= 0.6 is 0 Å². The SMILES string of the molecule is COc1ccccc1N(C)CC(=O)N[C@H]1CCS(=O)(=O)C1. The summed E-state index contributed by atoms with van der Waals surface area (Å²) in [5.41, 5.74) is 0.814. The van der Waals surface area contributed by atoms with Crippen LogP contribution in [0.15, 0.2) is 24.3 Å². The van der Waals surface area contributed by atoms with Crippen molar-refractivity contribution in [1.29, 1.82) is 0 Å². The van der Waals surface area contributed by atoms with Crippen LogP contribution in [0.5, 0.6) is 5.75 Å². The molecular formula is C14H20N2O4S. The van der Waals surface area contributed by atoms with Crippen molar-refractivity contribution in [3.8, 4) is 5.75 Å². The third-order valence-electron chi connectivity index (χ3n) is 3.47. The summed E-state index contributed by atoms with van der Waals surface area (Å²) in [6.07, 6.45) is 0.493. The van der Waals surface area contributed by atoms with Gasteiger partial charge in [0.05, 0.1) is 30.8 Å². The number of carbonyl (C=O) groups is 1. The van der Waals surface area contributed by atoms with Gasteiger partial charge in [0.25, 0.3) is 0 Å². The first-order chi connectivity index (χ1) is 9.91. The van der Waals surface area contributed by atoms with Gasteiger partial charge in [0.15, 0.2) is 9.84 Å². The van der Waals surface area contributed by atoms with E-state index in [9.17, 15) is 13.2 Å². The highest BCUT2D eigenvalue weighted by Crippen LogP contribution is 2.26. The predicted molar refractivity (Wildman–Crippen MR) is 81.5 cm³/mol. The Morgan fingerprint density at radius 2 is 2.14 bits per heavy atom. The lowest BCUT2D eigenvalue weighted by molar-refractivity contribution is -0.120. The van der Waals surface area contributed by atoms with Gasteiger partial charge in [-0.2, -0.15) is 0 Å². The Labute approximate surface area is 125 Å². The highest BCUT2D eigenvalue weighted by atomic mass is 32.2. The molecule has 1 atom stereocenters. The summed E-state index contributed by atoms with van der Waals surface area (Å²) >= 11 is 0. The third-order valence-corrected chi connectivity index (χ3v) is 5.24. The second kappa shape index (κ2) is 6.34. The molecule has 2 rings (SSSR count). The monoisotopic (exact) mass is 312 g/mol. The molecule has 0 radical (unpaired) electrons. The molecule has 1 aliphatic rings. The normalized spacial score (nSPS) is 20.0. The lowest BCUT2D eigenvalue weighted by atomic mass is 10.2. The minimum Gasteiger partial charge on any atom is -0.495 e. The van der Waals surface area contributed by atoms with E-state index in [1.165, 1.54) is 0 Å². The molecule has 1 saturated heterocycles. The number of likely N-dealkylation sites (N-methyl/N-ethyl adjacent to an activating group) is 1. The van der Waals surface area contributed by atoms with Crippen LogP contribution in [0.2, 0.25) is 0 Å². The molecular weight excluding hydrogens is 292 g/mol. The third kappa shape index (κ3) is 4.10. The van der Waals surface area contributed by atoms with Crippen molar-refractivity contribution in [2.24, 2.45) is 0 Å². The summed E-state index contributed by atoms with van der Waals surface area (Å²) in [7, 11) is 0.393. The number of hydrogen-bond acceptors (Lipinski definition) is 5. The zero-order valence-electron chi connectivity index (χ0n) is 12.2. The largest absolute Gasteiger partial charge is 0.495 e. The number of nitrogens with zero attached hydrogens (tertiary/aromatic N) is 1. The van der Waals surface area contributed by atoms with Crippen LogP contribution in [-0.2, 0) is 14.6 Å². The van der Waals surface area contributed by atoms with Crippen LogP contribution < -0.4 is 15.0 Å². The summed E-state index contributed by atoms with van der Waals surface area (Å²) in [5, 5.41) is 2.77. The number of para-hydroxylation sites is 2. The first-order valence-corrected chi connectivity index (χ1v) is 8.57. The van der Waals surface area contributed by atoms with Gasteiger partial charge in [0, 0.05) is 13.1 Å². The molecule has 1 aliphatic heterocycles. The number of amides is 1. The Kier molecular flexibility index (Phi) is 4.72. The Balaban J connectivity index is 1.93. The number of methoxy groups -OCH3 is 1. The van der Waals surface area contributed by atoms with Crippen molar-refractivity contribution < 1.29 is 17.9 Å². The summed E-state index contributed by atoms with van der Waals surface area (Å²) in [4.78, 5) is 13.8. The van der Waals surface area contributed by atoms with Crippen molar-refractivity contribution in [1.82, 2.24) is 5.32 Å². The van der Waals surface area contributed by atoms with E-state index in [1.807, 2.05) is 24.3 Å². The molecule has 0 aromatic heterocycles. The van der Waals surface area contributed by atoms with Gasteiger partial charge < -0.3 is 15.0 Å². The molecule has 0 bridgehead atoms. The second-order valence-corrected chi connectivity index (χ2v) is 7.42. The molecule has 1 fully saturated rings. The van der Waals surface area contributed by atoms with Crippen molar-refractivity contribution in [3.63, 3.8) is 0 Å². The standard InChI is InChI=1S/C14H20N2O4S/c1-16(12-5-3-4-6-13(12)20-2)9-14(17)15-11-7-8-21(18,19)10-11/h3-6,11H,7-10H2,1-2H3,(H,15,17)/t11-/m0/s1. The average Bonchev–Trinajstić information content (AvgIpc) is 2.77. The van der Waals surface area contributed by atoms with Crippen LogP contribution in [0.3, 0.4) is 0 Å². The van der Waals surface area contributed by atoms with E-state index in [4.69, 9.17) is 4.74 Å². The van der Waals surface area contributed by atoms with E-state index in [0.717, 1.165) is 5.69 Å². The first-order valence-electron chi connectivity index (χ1n) is 6.75. The highest BCUT2D eigenvalue weighted by Gasteiger charge is 2.29. The van der Waals surface area contributed by atoms with Gasteiger partial charge in [-0.15, -0.1) is 0 Å². The summed E-state index contributed by atoms with van der Waals surface area (Å²) in [6, 6.07) is 7.16. The Hall–Kier alpha value is -1.76. The predicted octanol–water partition coefficient (Wildman–Crippen LogP) is 0.435. The zero-order chi connectivity index (χ0) is 15.5. The molecule has 0 saturated carbocycles. The number of carbonyl (C=O) groups excluding carboxylic acids is 1. The summed E-state index contributed by atoms with van der Waals surface area (Å²) in [5.74, 6) is 0.693. The fraction of sp³-hybridized carbons (Fsp3) is 0.500. The minimum absolute atomic E-state index is 0.0388. The van der Waals surface area contributed by atoms with Crippen molar-refractivity contribution in [2.45, 2.75) is 12.5 Å². The quantitative estimate of drug-likeness (QED) is 0.853. The summed E-state index contributed by atoms with van der Waals surface area (Å²) in [6.45, 7) is 0.150. The van der Waals surface area contributed by atoms with Crippen LogP contribution in [0.4, 0.5) is 5.69 Å². The molecule has 116 valence electrons. The number of ether oxygens (including phenoxy) is 1. The molecule has 0 unspecified atom stereocenters. The van der Waals surface area contributed by atoms with Gasteiger partial charge in [-0.1, -0.05) is 12.1 Å². The topological polar surface area (TPSA) is 75.7 Å². The molecule has 7 heteroatoms. The van der Waals surface area contributed by atoms with Gasteiger partial charge in [-0.3, -0.25) is 4.79 Å². The second-order valence-electron chi connectivity index (χ2n) is 5.20. The van der Waals surface area contributed by atoms with E-state index in [0.29, 0.717) is 12.2 Å². The van der Waals surface area contributed by atoms with Gasteiger partial charge in [0.1, 0.15) is 5.75 Å². The fourth-order valence-electron chi connectivity index (χ4n) is 2.43. The average molecular weight is 312 g/mol. The number of benzene rings is 1. The lowest BCUT2D eigenvalue weighted by Crippen LogP contribution is -2.41. The van der Waals surface area contributed by atoms with E-state index >= 15 is 0 Å². The molecule has 1 N–H and O–H groups in total. The Morgan fingerprint density at radius 1 is 1.43 bits per heavy atom. The van der Waals surface area contributed by atoms with E-state index in [1.54, 1.807) is 19.1 Å². The molecule has 0 aliphatic carbocycles. The van der Waals surface area contributed by atoms with Crippen LogP contribution in [-0.4, -0.2) is 52.6 Å². The first kappa shape index (κ1) is 15.6. The number of anilines is 1. The van der Waals surface area contributed by atoms with Crippen molar-refractivity contribution in [2.75, 3.05) is 37.1 Å². The number of rotatable bonds is 5. The molecule has 0 spiro atoms. The molecule has 6 nitrogen and oxygen atoms in total. The molecule has 1 aromatic carbocycles. The molecule has 21 heavy (non-hydrogen) atoms. The maximum absolute atomic E-state index is 12.0. The van der Waals surface area contributed by atoms with E-state index < -0.39 is 9.84 Å². The Bertz CT molecular complexity index is 615. The van der Waals surface area contributed by atoms with Crippen LogP contribution in [0.1, 0.15) is 6.42 Å². The van der Waals surface area contributed by atoms with E-state index in [-0.39, 0.29) is 30.0 Å². The van der Waals surface area contributed by atoms with Gasteiger partial charge in [-0.05, 0) is 18.6 Å². The highest BCUT2D eigenvalue weighted by molar-refractivity contribution is 7.91. The molecule has 1 heterocycles. The molecule has 1 aromatic rings. The zero-order valence-corrected chi connectivity index (χ0v) is 13.0. The molecule has 1 amide bonds. The van der Waals surface area contributed by atoms with Crippen LogP contribution in [0, 0.1) is 0 Å². The lowest BCUT2D eigenvalue weighted by Gasteiger charge is -2.22. The number of nitrogens with one attached hydrogen (secondary N) is 1. The van der Waals surface area contributed by atoms with Gasteiger partial charge in [-0.25, -0.2) is 8.42 Å². The van der Waals surface area contributed by atoms with Crippen molar-refractivity contribution in [3.05, 3.63) is 24.3 Å². The maximum atomic E-state index is 12.0. The number of sulfone groups is 1. The summed E-state index contributed by atoms with van der Waals surface area (Å²) < 4.78 is 28.0. The Morgan fingerprint density at radius 3 is 2.76 bits per heavy atom. The van der Waals surface area contributed by atoms with Crippen LogP contribution in [0.25, 0.3) is 0 Å². The number of hydrogen-bond donors (Lipinski definition) is 1. The van der Waals surface area contributed by atoms with Gasteiger partial charge >= 0.3 is 0 Å². The fourth-order valence-corrected chi connectivity index (χ4v) is 4.10. The van der Waals surface area contributed by atoms with Gasteiger partial charge in [0.2, 0.25) is 5.91 Å².